The first kappa shape index (κ1) is 20.6. The molecule has 0 aliphatic heterocycles. The van der Waals surface area contributed by atoms with Gasteiger partial charge in [0.15, 0.2) is 0 Å². The molecule has 0 saturated heterocycles. The van der Waals surface area contributed by atoms with Crippen LogP contribution in [0.5, 0.6) is 5.75 Å². The van der Waals surface area contributed by atoms with Gasteiger partial charge < -0.3 is 4.74 Å². The molecule has 0 bridgehead atoms. The average Bonchev–Trinajstić information content (AvgIpc) is 2.52. The molecule has 0 fully saturated rings. The van der Waals surface area contributed by atoms with E-state index in [4.69, 9.17) is 4.74 Å². The van der Waals surface area contributed by atoms with E-state index in [0.29, 0.717) is 0 Å². The lowest BCUT2D eigenvalue weighted by atomic mass is 10.2. The summed E-state index contributed by atoms with van der Waals surface area (Å²) >= 11 is 0. The second kappa shape index (κ2) is 15.3. The fourth-order valence-corrected chi connectivity index (χ4v) is 1.37. The van der Waals surface area contributed by atoms with Crippen molar-refractivity contribution in [1.82, 2.24) is 0 Å². The molecule has 0 unspecified atom stereocenters. The van der Waals surface area contributed by atoms with E-state index in [1.54, 1.807) is 6.08 Å². The highest BCUT2D eigenvalue weighted by Crippen LogP contribution is 2.17. The van der Waals surface area contributed by atoms with Crippen LogP contribution in [0.25, 0.3) is 0 Å². The van der Waals surface area contributed by atoms with Crippen LogP contribution in [0.4, 0.5) is 0 Å². The van der Waals surface area contributed by atoms with E-state index in [9.17, 15) is 0 Å². The summed E-state index contributed by atoms with van der Waals surface area (Å²) in [5.74, 6) is 1.66. The van der Waals surface area contributed by atoms with Crippen molar-refractivity contribution in [1.29, 1.82) is 0 Å². The van der Waals surface area contributed by atoms with Gasteiger partial charge in [0, 0.05) is 0 Å². The topological polar surface area (TPSA) is 9.23 Å². The van der Waals surface area contributed by atoms with Crippen molar-refractivity contribution in [2.45, 2.75) is 48.0 Å². The molecule has 1 rings (SSSR count). The third-order valence-corrected chi connectivity index (χ3v) is 2.16. The zero-order valence-electron chi connectivity index (χ0n) is 13.9. The summed E-state index contributed by atoms with van der Waals surface area (Å²) in [4.78, 5) is 0. The molecule has 0 aromatic heterocycles. The Bertz CT molecular complexity index is 400. The number of hydrogen-bond acceptors (Lipinski definition) is 1. The molecule has 0 spiro atoms. The molecular formula is C19H30O. The van der Waals surface area contributed by atoms with Crippen molar-refractivity contribution < 1.29 is 4.74 Å². The maximum Gasteiger partial charge on any atom is 0.127 e. The summed E-state index contributed by atoms with van der Waals surface area (Å²) in [5, 5.41) is 0. The van der Waals surface area contributed by atoms with Gasteiger partial charge >= 0.3 is 0 Å². The zero-order valence-corrected chi connectivity index (χ0v) is 13.9. The van der Waals surface area contributed by atoms with Crippen LogP contribution in [0.15, 0.2) is 60.9 Å². The third kappa shape index (κ3) is 9.21. The van der Waals surface area contributed by atoms with Crippen LogP contribution in [0.3, 0.4) is 0 Å². The summed E-state index contributed by atoms with van der Waals surface area (Å²) in [6.07, 6.45) is 8.44. The van der Waals surface area contributed by atoms with Gasteiger partial charge in [0.25, 0.3) is 0 Å². The minimum absolute atomic E-state index is 0.797. The van der Waals surface area contributed by atoms with Gasteiger partial charge in [-0.2, -0.15) is 0 Å². The summed E-state index contributed by atoms with van der Waals surface area (Å²) in [7, 11) is 0. The van der Waals surface area contributed by atoms with E-state index < -0.39 is 0 Å². The quantitative estimate of drug-likeness (QED) is 0.450. The van der Waals surface area contributed by atoms with Crippen molar-refractivity contribution in [3.63, 3.8) is 0 Å². The number of allylic oxidation sites excluding steroid dienone is 4. The van der Waals surface area contributed by atoms with E-state index >= 15 is 0 Å². The largest absolute Gasteiger partial charge is 0.457 e. The van der Waals surface area contributed by atoms with Crippen molar-refractivity contribution >= 4 is 0 Å². The molecule has 1 aromatic carbocycles. The van der Waals surface area contributed by atoms with Gasteiger partial charge in [0.1, 0.15) is 11.5 Å². The van der Waals surface area contributed by atoms with Crippen molar-refractivity contribution in [2.75, 3.05) is 0 Å². The number of benzene rings is 1. The van der Waals surface area contributed by atoms with Gasteiger partial charge in [-0.15, -0.1) is 0 Å². The first-order chi connectivity index (χ1) is 9.80. The van der Waals surface area contributed by atoms with Crippen molar-refractivity contribution in [2.24, 2.45) is 0 Å². The van der Waals surface area contributed by atoms with E-state index in [1.807, 2.05) is 65.0 Å². The second-order valence-electron chi connectivity index (χ2n) is 3.41. The lowest BCUT2D eigenvalue weighted by Crippen LogP contribution is -1.92. The standard InChI is InChI=1S/C15H18O.2C2H6/c1-4-8-14(9-5-2)16-15-11-7-10-13(6-3)12-15;2*1-2/h4-5,7-12H,1,6H2,2-3H3;2*1-2H3/b9-5-,14-8+;;. The normalized spacial score (nSPS) is 10.0. The second-order valence-corrected chi connectivity index (χ2v) is 3.41. The van der Waals surface area contributed by atoms with Crippen molar-refractivity contribution in [3.05, 3.63) is 66.5 Å². The van der Waals surface area contributed by atoms with Gasteiger partial charge in [0.2, 0.25) is 0 Å². The molecule has 1 aromatic rings. The van der Waals surface area contributed by atoms with E-state index in [0.717, 1.165) is 17.9 Å². The van der Waals surface area contributed by atoms with Crippen LogP contribution < -0.4 is 4.74 Å². The predicted octanol–water partition coefficient (Wildman–Crippen LogP) is 6.33. The van der Waals surface area contributed by atoms with Gasteiger partial charge in [-0.05, 0) is 43.2 Å². The summed E-state index contributed by atoms with van der Waals surface area (Å²) in [6.45, 7) is 15.8. The Morgan fingerprint density at radius 3 is 2.35 bits per heavy atom. The lowest BCUT2D eigenvalue weighted by Gasteiger charge is -2.07. The minimum Gasteiger partial charge on any atom is -0.457 e. The molecule has 0 atom stereocenters. The number of aryl methyl sites for hydroxylation is 1. The highest BCUT2D eigenvalue weighted by atomic mass is 16.5. The summed E-state index contributed by atoms with van der Waals surface area (Å²) < 4.78 is 5.74. The highest BCUT2D eigenvalue weighted by molar-refractivity contribution is 5.32. The molecule has 0 amide bonds. The Hall–Kier alpha value is -1.76. The van der Waals surface area contributed by atoms with E-state index in [2.05, 4.69) is 25.6 Å². The SMILES string of the molecule is C=C/C=C(\C=C/C)Oc1cccc(CC)c1.CC.CC. The Kier molecular flexibility index (Phi) is 15.7. The average molecular weight is 274 g/mol. The molecule has 112 valence electrons. The molecule has 0 N–H and O–H groups in total. The maximum absolute atomic E-state index is 5.74. The summed E-state index contributed by atoms with van der Waals surface area (Å²) in [6, 6.07) is 8.12. The van der Waals surface area contributed by atoms with Gasteiger partial charge in [0.05, 0.1) is 0 Å². The number of rotatable bonds is 5. The Labute approximate surface area is 125 Å². The molecular weight excluding hydrogens is 244 g/mol. The lowest BCUT2D eigenvalue weighted by molar-refractivity contribution is 0.444. The van der Waals surface area contributed by atoms with Crippen LogP contribution in [-0.4, -0.2) is 0 Å². The Morgan fingerprint density at radius 2 is 1.85 bits per heavy atom. The molecule has 0 radical (unpaired) electrons. The molecule has 1 nitrogen and oxygen atoms in total. The summed E-state index contributed by atoms with van der Waals surface area (Å²) in [5.41, 5.74) is 1.27. The fraction of sp³-hybridized carbons (Fsp3) is 0.368. The van der Waals surface area contributed by atoms with E-state index in [-0.39, 0.29) is 0 Å². The van der Waals surface area contributed by atoms with Crippen LogP contribution >= 0.6 is 0 Å². The monoisotopic (exact) mass is 274 g/mol. The smallest absolute Gasteiger partial charge is 0.127 e. The van der Waals surface area contributed by atoms with Crippen LogP contribution in [-0.2, 0) is 6.42 Å². The predicted molar refractivity (Wildman–Crippen MR) is 92.2 cm³/mol. The first-order valence-electron chi connectivity index (χ1n) is 7.52. The molecule has 0 saturated carbocycles. The van der Waals surface area contributed by atoms with Gasteiger partial charge in [-0.3, -0.25) is 0 Å². The van der Waals surface area contributed by atoms with Gasteiger partial charge in [-0.1, -0.05) is 65.5 Å². The molecule has 1 heteroatoms. The number of ether oxygens (including phenoxy) is 1. The molecule has 0 aliphatic rings. The number of hydrogen-bond donors (Lipinski definition) is 0. The Morgan fingerprint density at radius 1 is 1.20 bits per heavy atom. The third-order valence-electron chi connectivity index (χ3n) is 2.16. The van der Waals surface area contributed by atoms with Crippen LogP contribution in [0.2, 0.25) is 0 Å². The molecule has 0 aliphatic carbocycles. The molecule has 20 heavy (non-hydrogen) atoms. The Balaban J connectivity index is 0. The van der Waals surface area contributed by atoms with Gasteiger partial charge in [-0.25, -0.2) is 0 Å². The maximum atomic E-state index is 5.74. The highest BCUT2D eigenvalue weighted by Gasteiger charge is 1.97. The van der Waals surface area contributed by atoms with E-state index in [1.165, 1.54) is 5.56 Å². The molecule has 0 heterocycles. The first-order valence-corrected chi connectivity index (χ1v) is 7.52. The minimum atomic E-state index is 0.797. The van der Waals surface area contributed by atoms with Crippen LogP contribution in [0.1, 0.15) is 47.1 Å². The fourth-order valence-electron chi connectivity index (χ4n) is 1.37. The zero-order chi connectivity index (χ0) is 15.8. The van der Waals surface area contributed by atoms with Crippen molar-refractivity contribution in [3.8, 4) is 5.75 Å². The van der Waals surface area contributed by atoms with Crippen LogP contribution in [0, 0.1) is 0 Å².